The Kier molecular flexibility index (Phi) is 5.21. The van der Waals surface area contributed by atoms with Gasteiger partial charge in [0.15, 0.2) is 0 Å². The smallest absolute Gasteiger partial charge is 0.268 e. The van der Waals surface area contributed by atoms with E-state index in [0.29, 0.717) is 20.0 Å². The fourth-order valence-corrected chi connectivity index (χ4v) is 3.56. The molecule has 2 aromatic rings. The molecule has 0 aromatic heterocycles. The van der Waals surface area contributed by atoms with Gasteiger partial charge in [0.05, 0.1) is 21.5 Å². The molecule has 1 saturated heterocycles. The lowest BCUT2D eigenvalue weighted by Gasteiger charge is -2.12. The summed E-state index contributed by atoms with van der Waals surface area (Å²) in [6, 6.07) is 12.1. The van der Waals surface area contributed by atoms with Crippen LogP contribution in [0.3, 0.4) is 0 Å². The Labute approximate surface area is 158 Å². The van der Waals surface area contributed by atoms with E-state index in [1.165, 1.54) is 4.90 Å². The largest absolute Gasteiger partial charge is 0.293 e. The van der Waals surface area contributed by atoms with Gasteiger partial charge < -0.3 is 0 Å². The van der Waals surface area contributed by atoms with Gasteiger partial charge in [-0.15, -0.1) is 0 Å². The molecule has 0 atom stereocenters. The molecule has 2 aromatic carbocycles. The number of rotatable bonds is 3. The quantitative estimate of drug-likeness (QED) is 0.606. The van der Waals surface area contributed by atoms with Gasteiger partial charge in [-0.1, -0.05) is 53.0 Å². The van der Waals surface area contributed by atoms with E-state index in [1.54, 1.807) is 42.5 Å². The van der Waals surface area contributed by atoms with Crippen molar-refractivity contribution in [2.75, 3.05) is 0 Å². The van der Waals surface area contributed by atoms with E-state index < -0.39 is 0 Å². The van der Waals surface area contributed by atoms with Crippen LogP contribution < -0.4 is 0 Å². The van der Waals surface area contributed by atoms with Crippen LogP contribution in [0.4, 0.5) is 4.79 Å². The SMILES string of the molecule is O=C1S/C(=C/c2cccc(Cl)c2)C(=O)N1Cc1ccc(Cl)c(Cl)c1. The Hall–Kier alpha value is -1.46. The Morgan fingerprint density at radius 1 is 1.00 bits per heavy atom. The highest BCUT2D eigenvalue weighted by molar-refractivity contribution is 8.18. The number of carbonyl (C=O) groups is 2. The molecule has 24 heavy (non-hydrogen) atoms. The number of halogens is 3. The summed E-state index contributed by atoms with van der Waals surface area (Å²) in [5.74, 6) is -0.337. The van der Waals surface area contributed by atoms with Crippen LogP contribution in [0.2, 0.25) is 15.1 Å². The Balaban J connectivity index is 1.82. The van der Waals surface area contributed by atoms with E-state index in [1.807, 2.05) is 6.07 Å². The van der Waals surface area contributed by atoms with Gasteiger partial charge in [-0.25, -0.2) is 0 Å². The van der Waals surface area contributed by atoms with Gasteiger partial charge in [-0.05, 0) is 53.2 Å². The summed E-state index contributed by atoms with van der Waals surface area (Å²) >= 11 is 18.7. The molecule has 7 heteroatoms. The van der Waals surface area contributed by atoms with Gasteiger partial charge in [0.2, 0.25) is 0 Å². The van der Waals surface area contributed by atoms with Crippen LogP contribution in [0, 0.1) is 0 Å². The third kappa shape index (κ3) is 3.78. The summed E-state index contributed by atoms with van der Waals surface area (Å²) in [4.78, 5) is 26.2. The van der Waals surface area contributed by atoms with Crippen molar-refractivity contribution in [3.05, 3.63) is 73.6 Å². The molecule has 0 spiro atoms. The van der Waals surface area contributed by atoms with E-state index >= 15 is 0 Å². The first-order valence-electron chi connectivity index (χ1n) is 6.89. The van der Waals surface area contributed by atoms with E-state index in [-0.39, 0.29) is 17.7 Å². The molecule has 1 aliphatic rings. The minimum Gasteiger partial charge on any atom is -0.268 e. The number of hydrogen-bond acceptors (Lipinski definition) is 3. The number of benzene rings is 2. The Morgan fingerprint density at radius 3 is 2.50 bits per heavy atom. The minimum absolute atomic E-state index is 0.147. The second kappa shape index (κ2) is 7.19. The zero-order valence-electron chi connectivity index (χ0n) is 12.1. The highest BCUT2D eigenvalue weighted by Crippen LogP contribution is 2.34. The van der Waals surface area contributed by atoms with E-state index in [4.69, 9.17) is 34.8 Å². The van der Waals surface area contributed by atoms with Crippen molar-refractivity contribution < 1.29 is 9.59 Å². The monoisotopic (exact) mass is 397 g/mol. The molecule has 1 heterocycles. The molecule has 0 radical (unpaired) electrons. The highest BCUT2D eigenvalue weighted by atomic mass is 35.5. The van der Waals surface area contributed by atoms with Crippen molar-refractivity contribution in [2.45, 2.75) is 6.54 Å². The molecule has 3 rings (SSSR count). The lowest BCUT2D eigenvalue weighted by Crippen LogP contribution is -2.27. The predicted molar refractivity (Wildman–Crippen MR) is 99.4 cm³/mol. The van der Waals surface area contributed by atoms with E-state index in [2.05, 4.69) is 0 Å². The van der Waals surface area contributed by atoms with Crippen LogP contribution in [-0.2, 0) is 11.3 Å². The van der Waals surface area contributed by atoms with Crippen molar-refractivity contribution in [3.63, 3.8) is 0 Å². The summed E-state index contributed by atoms with van der Waals surface area (Å²) in [7, 11) is 0. The first kappa shape index (κ1) is 17.4. The summed E-state index contributed by atoms with van der Waals surface area (Å²) < 4.78 is 0. The first-order valence-corrected chi connectivity index (χ1v) is 8.84. The number of amides is 2. The second-order valence-electron chi connectivity index (χ2n) is 5.07. The molecule has 122 valence electrons. The molecular formula is C17H10Cl3NO2S. The van der Waals surface area contributed by atoms with Crippen molar-refractivity contribution in [1.82, 2.24) is 4.90 Å². The van der Waals surface area contributed by atoms with Crippen LogP contribution in [0.1, 0.15) is 11.1 Å². The average Bonchev–Trinajstić information content (AvgIpc) is 2.78. The second-order valence-corrected chi connectivity index (χ2v) is 7.32. The molecule has 0 unspecified atom stereocenters. The first-order chi connectivity index (χ1) is 11.4. The van der Waals surface area contributed by atoms with Gasteiger partial charge in [-0.3, -0.25) is 14.5 Å². The van der Waals surface area contributed by atoms with Crippen molar-refractivity contribution in [2.24, 2.45) is 0 Å². The number of carbonyl (C=O) groups excluding carboxylic acids is 2. The van der Waals surface area contributed by atoms with Crippen molar-refractivity contribution in [3.8, 4) is 0 Å². The maximum Gasteiger partial charge on any atom is 0.293 e. The lowest BCUT2D eigenvalue weighted by atomic mass is 10.2. The highest BCUT2D eigenvalue weighted by Gasteiger charge is 2.35. The number of imide groups is 1. The molecule has 2 amide bonds. The van der Waals surface area contributed by atoms with Gasteiger partial charge in [0.25, 0.3) is 11.1 Å². The van der Waals surface area contributed by atoms with Crippen molar-refractivity contribution in [1.29, 1.82) is 0 Å². The van der Waals surface area contributed by atoms with Gasteiger partial charge in [0, 0.05) is 5.02 Å². The average molecular weight is 399 g/mol. The van der Waals surface area contributed by atoms with E-state index in [9.17, 15) is 9.59 Å². The van der Waals surface area contributed by atoms with Crippen LogP contribution in [0.25, 0.3) is 6.08 Å². The summed E-state index contributed by atoms with van der Waals surface area (Å²) in [6.45, 7) is 0.147. The van der Waals surface area contributed by atoms with Gasteiger partial charge in [0.1, 0.15) is 0 Å². The fraction of sp³-hybridized carbons (Fsp3) is 0.0588. The predicted octanol–water partition coefficient (Wildman–Crippen LogP) is 5.88. The Bertz CT molecular complexity index is 867. The third-order valence-corrected chi connectivity index (χ3v) is 5.23. The molecule has 0 bridgehead atoms. The zero-order chi connectivity index (χ0) is 17.3. The van der Waals surface area contributed by atoms with Crippen molar-refractivity contribution >= 4 is 63.8 Å². The third-order valence-electron chi connectivity index (χ3n) is 3.34. The zero-order valence-corrected chi connectivity index (χ0v) is 15.2. The standard InChI is InChI=1S/C17H10Cl3NO2S/c18-12-3-1-2-10(6-12)8-15-16(22)21(17(23)24-15)9-11-4-5-13(19)14(20)7-11/h1-8H,9H2/b15-8+. The van der Waals surface area contributed by atoms with Crippen LogP contribution >= 0.6 is 46.6 Å². The topological polar surface area (TPSA) is 37.4 Å². The Morgan fingerprint density at radius 2 is 1.79 bits per heavy atom. The number of nitrogens with zero attached hydrogens (tertiary/aromatic N) is 1. The molecule has 3 nitrogen and oxygen atoms in total. The van der Waals surface area contributed by atoms with E-state index in [0.717, 1.165) is 22.9 Å². The number of thioether (sulfide) groups is 1. The van der Waals surface area contributed by atoms with Crippen LogP contribution in [-0.4, -0.2) is 16.0 Å². The maximum atomic E-state index is 12.5. The van der Waals surface area contributed by atoms with Gasteiger partial charge in [-0.2, -0.15) is 0 Å². The van der Waals surface area contributed by atoms with Crippen LogP contribution in [0.5, 0.6) is 0 Å². The molecule has 0 N–H and O–H groups in total. The fourth-order valence-electron chi connectivity index (χ4n) is 2.20. The molecule has 1 aliphatic heterocycles. The lowest BCUT2D eigenvalue weighted by molar-refractivity contribution is -0.123. The molecule has 0 aliphatic carbocycles. The minimum atomic E-state index is -0.337. The maximum absolute atomic E-state index is 12.5. The molecule has 0 saturated carbocycles. The summed E-state index contributed by atoms with van der Waals surface area (Å²) in [6.07, 6.45) is 1.66. The van der Waals surface area contributed by atoms with Crippen LogP contribution in [0.15, 0.2) is 47.4 Å². The normalized spacial score (nSPS) is 16.3. The summed E-state index contributed by atoms with van der Waals surface area (Å²) in [5, 5.41) is 1.06. The molecule has 1 fully saturated rings. The van der Waals surface area contributed by atoms with Gasteiger partial charge >= 0.3 is 0 Å². The summed E-state index contributed by atoms with van der Waals surface area (Å²) in [5.41, 5.74) is 1.50. The number of hydrogen-bond donors (Lipinski definition) is 0. The molecular weight excluding hydrogens is 389 g/mol.